The van der Waals surface area contributed by atoms with Crippen molar-refractivity contribution in [3.05, 3.63) is 59.7 Å². The van der Waals surface area contributed by atoms with Gasteiger partial charge in [0.25, 0.3) is 5.91 Å². The average Bonchev–Trinajstić information content (AvgIpc) is 2.98. The Morgan fingerprint density at radius 2 is 1.73 bits per heavy atom. The Bertz CT molecular complexity index is 1050. The van der Waals surface area contributed by atoms with Gasteiger partial charge in [0.15, 0.2) is 0 Å². The molecule has 1 saturated heterocycles. The predicted molar refractivity (Wildman–Crippen MR) is 123 cm³/mol. The van der Waals surface area contributed by atoms with Gasteiger partial charge in [-0.2, -0.15) is 0 Å². The fraction of sp³-hybridized carbons (Fsp3) is 0.333. The molecule has 2 aromatic carbocycles. The summed E-state index contributed by atoms with van der Waals surface area (Å²) < 4.78 is 5.70. The molecule has 9 heteroatoms. The summed E-state index contributed by atoms with van der Waals surface area (Å²) in [6.07, 6.45) is 0.931. The molecule has 0 saturated carbocycles. The largest absolute Gasteiger partial charge is 0.494 e. The summed E-state index contributed by atoms with van der Waals surface area (Å²) in [5.74, 6) is -0.448. The molecule has 4 N–H and O–H groups in total. The van der Waals surface area contributed by atoms with E-state index in [0.29, 0.717) is 35.1 Å². The molecule has 1 unspecified atom stereocenters. The van der Waals surface area contributed by atoms with Gasteiger partial charge in [0.05, 0.1) is 6.61 Å². The van der Waals surface area contributed by atoms with Crippen molar-refractivity contribution in [2.75, 3.05) is 18.5 Å². The molecule has 1 aliphatic heterocycles. The van der Waals surface area contributed by atoms with E-state index in [1.54, 1.807) is 31.2 Å². The van der Waals surface area contributed by atoms with Crippen molar-refractivity contribution < 1.29 is 23.9 Å². The number of benzene rings is 2. The third-order valence-electron chi connectivity index (χ3n) is 5.43. The van der Waals surface area contributed by atoms with Crippen molar-refractivity contribution in [2.24, 2.45) is 11.7 Å². The van der Waals surface area contributed by atoms with Gasteiger partial charge in [0, 0.05) is 11.3 Å². The summed E-state index contributed by atoms with van der Waals surface area (Å²) >= 11 is 0. The highest BCUT2D eigenvalue weighted by molar-refractivity contribution is 6.10. The highest BCUT2D eigenvalue weighted by atomic mass is 16.5. The minimum atomic E-state index is -1.29. The molecular formula is C24H28N4O5. The lowest BCUT2D eigenvalue weighted by Crippen LogP contribution is -2.42. The summed E-state index contributed by atoms with van der Waals surface area (Å²) in [6, 6.07) is 12.3. The van der Waals surface area contributed by atoms with Gasteiger partial charge >= 0.3 is 6.03 Å². The number of nitrogens with two attached hydrogens (primary N) is 1. The van der Waals surface area contributed by atoms with Crippen LogP contribution in [0, 0.1) is 5.92 Å². The van der Waals surface area contributed by atoms with E-state index in [9.17, 15) is 19.2 Å². The van der Waals surface area contributed by atoms with Gasteiger partial charge in [0.1, 0.15) is 17.8 Å². The maximum atomic E-state index is 13.1. The number of nitrogens with zero attached hydrogens (tertiary/aromatic N) is 1. The average molecular weight is 453 g/mol. The molecule has 0 spiro atoms. The van der Waals surface area contributed by atoms with E-state index in [4.69, 9.17) is 10.5 Å². The number of hydrogen-bond acceptors (Lipinski definition) is 5. The number of anilines is 1. The first-order chi connectivity index (χ1) is 15.6. The lowest BCUT2D eigenvalue weighted by atomic mass is 9.92. The Kier molecular flexibility index (Phi) is 7.01. The topological polar surface area (TPSA) is 131 Å². The van der Waals surface area contributed by atoms with Gasteiger partial charge in [-0.25, -0.2) is 4.79 Å². The van der Waals surface area contributed by atoms with Crippen LogP contribution < -0.4 is 21.1 Å². The van der Waals surface area contributed by atoms with Crippen LogP contribution in [-0.4, -0.2) is 41.8 Å². The fourth-order valence-corrected chi connectivity index (χ4v) is 3.40. The molecule has 3 rings (SSSR count). The predicted octanol–water partition coefficient (Wildman–Crippen LogP) is 2.62. The highest BCUT2D eigenvalue weighted by Gasteiger charge is 2.49. The molecule has 33 heavy (non-hydrogen) atoms. The first-order valence-corrected chi connectivity index (χ1v) is 10.7. The second kappa shape index (κ2) is 9.72. The van der Waals surface area contributed by atoms with Crippen molar-refractivity contribution >= 4 is 29.4 Å². The lowest BCUT2D eigenvalue weighted by molar-refractivity contribution is -0.133. The number of urea groups is 1. The zero-order chi connectivity index (χ0) is 24.2. The zero-order valence-corrected chi connectivity index (χ0v) is 18.9. The molecule has 174 valence electrons. The zero-order valence-electron chi connectivity index (χ0n) is 18.9. The summed E-state index contributed by atoms with van der Waals surface area (Å²) in [4.78, 5) is 50.0. The second-order valence-corrected chi connectivity index (χ2v) is 8.49. The van der Waals surface area contributed by atoms with Crippen LogP contribution in [0.1, 0.15) is 43.1 Å². The molecular weight excluding hydrogens is 424 g/mol. The summed E-state index contributed by atoms with van der Waals surface area (Å²) in [6.45, 7) is 5.98. The Morgan fingerprint density at radius 3 is 2.30 bits per heavy atom. The molecule has 1 heterocycles. The Hall–Kier alpha value is -3.88. The third-order valence-corrected chi connectivity index (χ3v) is 5.43. The van der Waals surface area contributed by atoms with Crippen molar-refractivity contribution in [1.82, 2.24) is 10.2 Å². The maximum absolute atomic E-state index is 13.1. The molecule has 0 aliphatic carbocycles. The number of amides is 5. The van der Waals surface area contributed by atoms with E-state index in [2.05, 4.69) is 24.5 Å². The quantitative estimate of drug-likeness (QED) is 0.504. The number of nitrogens with one attached hydrogen (secondary N) is 2. The smallest absolute Gasteiger partial charge is 0.325 e. The van der Waals surface area contributed by atoms with Gasteiger partial charge in [-0.15, -0.1) is 0 Å². The minimum Gasteiger partial charge on any atom is -0.494 e. The third kappa shape index (κ3) is 5.49. The number of carbonyl (C=O) groups is 4. The number of hydrogen-bond donors (Lipinski definition) is 3. The van der Waals surface area contributed by atoms with E-state index in [0.717, 1.165) is 11.3 Å². The van der Waals surface area contributed by atoms with E-state index in [1.807, 2.05) is 0 Å². The van der Waals surface area contributed by atoms with E-state index >= 15 is 0 Å². The molecule has 0 bridgehead atoms. The van der Waals surface area contributed by atoms with E-state index in [-0.39, 0.29) is 0 Å². The highest BCUT2D eigenvalue weighted by Crippen LogP contribution is 2.30. The summed E-state index contributed by atoms with van der Waals surface area (Å²) in [7, 11) is 0. The Labute approximate surface area is 192 Å². The molecule has 9 nitrogen and oxygen atoms in total. The normalized spacial score (nSPS) is 17.8. The van der Waals surface area contributed by atoms with Crippen LogP contribution in [0.2, 0.25) is 0 Å². The van der Waals surface area contributed by atoms with Crippen molar-refractivity contribution in [3.63, 3.8) is 0 Å². The first kappa shape index (κ1) is 23.8. The SMILES string of the molecule is CC(C)CCOc1ccc(C2(C)NC(=O)N(CC(=O)Nc3ccc(C(N)=O)cc3)C2=O)cc1. The van der Waals surface area contributed by atoms with Gasteiger partial charge in [-0.3, -0.25) is 19.3 Å². The Balaban J connectivity index is 1.64. The first-order valence-electron chi connectivity index (χ1n) is 10.7. The number of primary amides is 1. The molecule has 0 radical (unpaired) electrons. The maximum Gasteiger partial charge on any atom is 0.325 e. The van der Waals surface area contributed by atoms with Crippen molar-refractivity contribution in [3.8, 4) is 5.75 Å². The van der Waals surface area contributed by atoms with Crippen LogP contribution >= 0.6 is 0 Å². The van der Waals surface area contributed by atoms with Crippen LogP contribution in [0.4, 0.5) is 10.5 Å². The number of rotatable bonds is 9. The number of carbonyl (C=O) groups excluding carboxylic acids is 4. The minimum absolute atomic E-state index is 0.300. The van der Waals surface area contributed by atoms with Crippen molar-refractivity contribution in [2.45, 2.75) is 32.7 Å². The molecule has 1 atom stereocenters. The van der Waals surface area contributed by atoms with Crippen molar-refractivity contribution in [1.29, 1.82) is 0 Å². The number of imide groups is 1. The second-order valence-electron chi connectivity index (χ2n) is 8.49. The molecule has 0 aromatic heterocycles. The number of ether oxygens (including phenoxy) is 1. The van der Waals surface area contributed by atoms with Crippen LogP contribution in [0.25, 0.3) is 0 Å². The van der Waals surface area contributed by atoms with Crippen LogP contribution in [-0.2, 0) is 15.1 Å². The fourth-order valence-electron chi connectivity index (χ4n) is 3.40. The molecule has 1 fully saturated rings. The van der Waals surface area contributed by atoms with Gasteiger partial charge in [-0.1, -0.05) is 26.0 Å². The summed E-state index contributed by atoms with van der Waals surface area (Å²) in [5.41, 5.74) is 5.20. The van der Waals surface area contributed by atoms with Crippen LogP contribution in [0.3, 0.4) is 0 Å². The molecule has 5 amide bonds. The van der Waals surface area contributed by atoms with E-state index < -0.39 is 35.8 Å². The molecule has 2 aromatic rings. The van der Waals surface area contributed by atoms with Crippen LogP contribution in [0.5, 0.6) is 5.75 Å². The van der Waals surface area contributed by atoms with Gasteiger partial charge in [0.2, 0.25) is 11.8 Å². The lowest BCUT2D eigenvalue weighted by Gasteiger charge is -2.22. The van der Waals surface area contributed by atoms with Gasteiger partial charge < -0.3 is 21.1 Å². The van der Waals surface area contributed by atoms with E-state index in [1.165, 1.54) is 24.3 Å². The van der Waals surface area contributed by atoms with Gasteiger partial charge in [-0.05, 0) is 61.2 Å². The molecule has 1 aliphatic rings. The monoisotopic (exact) mass is 452 g/mol. The standard InChI is InChI=1S/C24H28N4O5/c1-15(2)12-13-33-19-10-6-17(7-11-19)24(3)22(31)28(23(32)27-24)14-20(29)26-18-8-4-16(5-9-18)21(25)30/h4-11,15H,12-14H2,1-3H3,(H2,25,30)(H,26,29)(H,27,32). The summed E-state index contributed by atoms with van der Waals surface area (Å²) in [5, 5.41) is 5.27. The van der Waals surface area contributed by atoms with Crippen LogP contribution in [0.15, 0.2) is 48.5 Å². The Morgan fingerprint density at radius 1 is 1.09 bits per heavy atom.